The van der Waals surface area contributed by atoms with Gasteiger partial charge in [0.2, 0.25) is 10.0 Å². The van der Waals surface area contributed by atoms with E-state index >= 15 is 0 Å². The third kappa shape index (κ3) is 5.41. The summed E-state index contributed by atoms with van der Waals surface area (Å²) in [6.07, 6.45) is 1.06. The average molecular weight is 413 g/mol. The van der Waals surface area contributed by atoms with Gasteiger partial charge < -0.3 is 9.64 Å². The van der Waals surface area contributed by atoms with Gasteiger partial charge in [0, 0.05) is 24.7 Å². The van der Waals surface area contributed by atoms with Crippen LogP contribution in [0.1, 0.15) is 40.5 Å². The van der Waals surface area contributed by atoms with E-state index < -0.39 is 20.5 Å². The zero-order valence-electron chi connectivity index (χ0n) is 16.6. The van der Waals surface area contributed by atoms with E-state index in [0.717, 1.165) is 6.07 Å². The van der Waals surface area contributed by atoms with E-state index in [4.69, 9.17) is 4.74 Å². The van der Waals surface area contributed by atoms with Crippen LogP contribution in [-0.4, -0.2) is 44.5 Å². The minimum absolute atomic E-state index is 0.153. The standard InChI is InChI=1S/C18H27N3O6S/c1-5-27-17(22)13-8-10-20(11-9-13)15-7-6-14(12-16(15)21(23)24)28(25,26)19-18(2,3)4/h6-7,12-13,19H,5,8-11H2,1-4H3. The molecule has 2 rings (SSSR count). The highest BCUT2D eigenvalue weighted by Gasteiger charge is 2.31. The number of hydrogen-bond donors (Lipinski definition) is 1. The van der Waals surface area contributed by atoms with Crippen molar-refractivity contribution in [1.82, 2.24) is 4.72 Å². The Balaban J connectivity index is 2.25. The molecule has 28 heavy (non-hydrogen) atoms. The summed E-state index contributed by atoms with van der Waals surface area (Å²) in [5, 5.41) is 11.6. The van der Waals surface area contributed by atoms with Gasteiger partial charge in [0.15, 0.2) is 0 Å². The van der Waals surface area contributed by atoms with E-state index in [-0.39, 0.29) is 22.5 Å². The number of ether oxygens (including phenoxy) is 1. The lowest BCUT2D eigenvalue weighted by Crippen LogP contribution is -2.40. The van der Waals surface area contributed by atoms with Gasteiger partial charge in [0.25, 0.3) is 5.69 Å². The first-order valence-electron chi connectivity index (χ1n) is 9.18. The number of carbonyl (C=O) groups excluding carboxylic acids is 1. The molecule has 0 amide bonds. The zero-order valence-corrected chi connectivity index (χ0v) is 17.4. The molecule has 1 fully saturated rings. The number of nitrogens with one attached hydrogen (secondary N) is 1. The summed E-state index contributed by atoms with van der Waals surface area (Å²) < 4.78 is 32.5. The summed E-state index contributed by atoms with van der Waals surface area (Å²) in [4.78, 5) is 24.5. The van der Waals surface area contributed by atoms with Gasteiger partial charge in [-0.15, -0.1) is 0 Å². The van der Waals surface area contributed by atoms with Gasteiger partial charge in [-0.3, -0.25) is 14.9 Å². The Kier molecular flexibility index (Phi) is 6.66. The molecule has 1 aromatic rings. The molecule has 10 heteroatoms. The van der Waals surface area contributed by atoms with Crippen LogP contribution in [0.5, 0.6) is 0 Å². The number of carbonyl (C=O) groups is 1. The second kappa shape index (κ2) is 8.44. The van der Waals surface area contributed by atoms with E-state index in [2.05, 4.69) is 4.72 Å². The van der Waals surface area contributed by atoms with Crippen LogP contribution in [0.25, 0.3) is 0 Å². The molecule has 0 unspecified atom stereocenters. The van der Waals surface area contributed by atoms with Crippen molar-refractivity contribution in [2.75, 3.05) is 24.6 Å². The number of nitro benzene ring substituents is 1. The Morgan fingerprint density at radius 1 is 1.32 bits per heavy atom. The van der Waals surface area contributed by atoms with Gasteiger partial charge in [0.1, 0.15) is 5.69 Å². The van der Waals surface area contributed by atoms with Crippen LogP contribution in [-0.2, 0) is 19.6 Å². The van der Waals surface area contributed by atoms with Crippen LogP contribution in [0.2, 0.25) is 0 Å². The van der Waals surface area contributed by atoms with Crippen LogP contribution >= 0.6 is 0 Å². The summed E-state index contributed by atoms with van der Waals surface area (Å²) in [6.45, 7) is 8.07. The van der Waals surface area contributed by atoms with Crippen molar-refractivity contribution in [2.45, 2.75) is 51.0 Å². The molecule has 1 saturated heterocycles. The summed E-state index contributed by atoms with van der Waals surface area (Å²) in [5.41, 5.74) is -0.630. The minimum Gasteiger partial charge on any atom is -0.466 e. The second-order valence-corrected chi connectivity index (χ2v) is 9.46. The maximum atomic E-state index is 12.5. The summed E-state index contributed by atoms with van der Waals surface area (Å²) >= 11 is 0. The molecule has 0 spiro atoms. The number of anilines is 1. The van der Waals surface area contributed by atoms with Crippen LogP contribution < -0.4 is 9.62 Å². The zero-order chi connectivity index (χ0) is 21.1. The van der Waals surface area contributed by atoms with E-state index in [1.807, 2.05) is 0 Å². The highest BCUT2D eigenvalue weighted by Crippen LogP contribution is 2.34. The molecule has 1 aliphatic rings. The van der Waals surface area contributed by atoms with Gasteiger partial charge in [0.05, 0.1) is 22.3 Å². The van der Waals surface area contributed by atoms with Gasteiger partial charge in [-0.1, -0.05) is 0 Å². The highest BCUT2D eigenvalue weighted by molar-refractivity contribution is 7.89. The Morgan fingerprint density at radius 2 is 1.93 bits per heavy atom. The minimum atomic E-state index is -3.88. The Bertz CT molecular complexity index is 839. The van der Waals surface area contributed by atoms with Crippen molar-refractivity contribution in [3.63, 3.8) is 0 Å². The number of nitro groups is 1. The number of benzene rings is 1. The summed E-state index contributed by atoms with van der Waals surface area (Å²) in [7, 11) is -3.88. The Morgan fingerprint density at radius 3 is 2.43 bits per heavy atom. The lowest BCUT2D eigenvalue weighted by molar-refractivity contribution is -0.384. The van der Waals surface area contributed by atoms with E-state index in [1.54, 1.807) is 32.6 Å². The number of sulfonamides is 1. The van der Waals surface area contributed by atoms with E-state index in [0.29, 0.717) is 38.2 Å². The molecule has 1 aliphatic heterocycles. The molecule has 0 aliphatic carbocycles. The highest BCUT2D eigenvalue weighted by atomic mass is 32.2. The Hall–Kier alpha value is -2.20. The largest absolute Gasteiger partial charge is 0.466 e. The molecule has 1 heterocycles. The molecule has 1 N–H and O–H groups in total. The molecule has 156 valence electrons. The number of nitrogens with zero attached hydrogens (tertiary/aromatic N) is 2. The second-order valence-electron chi connectivity index (χ2n) is 7.78. The first kappa shape index (κ1) is 22.1. The number of hydrogen-bond acceptors (Lipinski definition) is 7. The summed E-state index contributed by atoms with van der Waals surface area (Å²) in [6, 6.07) is 3.91. The molecular formula is C18H27N3O6S. The van der Waals surface area contributed by atoms with Crippen molar-refractivity contribution in [3.05, 3.63) is 28.3 Å². The number of rotatable bonds is 6. The average Bonchev–Trinajstić information content (AvgIpc) is 2.59. The molecule has 0 atom stereocenters. The normalized spacial score (nSPS) is 16.1. The van der Waals surface area contributed by atoms with Crippen LogP contribution in [0.3, 0.4) is 0 Å². The molecule has 0 bridgehead atoms. The quantitative estimate of drug-likeness (QED) is 0.432. The fourth-order valence-electron chi connectivity index (χ4n) is 3.16. The molecule has 0 radical (unpaired) electrons. The van der Waals surface area contributed by atoms with Gasteiger partial charge >= 0.3 is 5.97 Å². The summed E-state index contributed by atoms with van der Waals surface area (Å²) in [5.74, 6) is -0.461. The first-order chi connectivity index (χ1) is 12.9. The van der Waals surface area contributed by atoms with Crippen LogP contribution in [0.15, 0.2) is 23.1 Å². The third-order valence-corrected chi connectivity index (χ3v) is 6.11. The molecule has 9 nitrogen and oxygen atoms in total. The molecular weight excluding hydrogens is 386 g/mol. The maximum absolute atomic E-state index is 12.5. The van der Waals surface area contributed by atoms with E-state index in [1.165, 1.54) is 12.1 Å². The van der Waals surface area contributed by atoms with Crippen molar-refractivity contribution >= 4 is 27.4 Å². The SMILES string of the molecule is CCOC(=O)C1CCN(c2ccc(S(=O)(=O)NC(C)(C)C)cc2[N+](=O)[O-])CC1. The van der Waals surface area contributed by atoms with Crippen LogP contribution in [0, 0.1) is 16.0 Å². The lowest BCUT2D eigenvalue weighted by atomic mass is 9.96. The first-order valence-corrected chi connectivity index (χ1v) is 10.7. The van der Waals surface area contributed by atoms with Gasteiger partial charge in [-0.25, -0.2) is 13.1 Å². The molecule has 0 saturated carbocycles. The number of piperidine rings is 1. The third-order valence-electron chi connectivity index (χ3n) is 4.35. The Labute approximate surface area is 165 Å². The molecule has 1 aromatic carbocycles. The fourth-order valence-corrected chi connectivity index (χ4v) is 4.60. The fraction of sp³-hybridized carbons (Fsp3) is 0.611. The van der Waals surface area contributed by atoms with Crippen LogP contribution in [0.4, 0.5) is 11.4 Å². The predicted octanol–water partition coefficient (Wildman–Crippen LogP) is 2.45. The topological polar surface area (TPSA) is 119 Å². The smallest absolute Gasteiger partial charge is 0.309 e. The van der Waals surface area contributed by atoms with Crippen molar-refractivity contribution in [3.8, 4) is 0 Å². The van der Waals surface area contributed by atoms with Gasteiger partial charge in [-0.05, 0) is 52.7 Å². The lowest BCUT2D eigenvalue weighted by Gasteiger charge is -2.32. The predicted molar refractivity (Wildman–Crippen MR) is 105 cm³/mol. The molecule has 0 aromatic heterocycles. The van der Waals surface area contributed by atoms with Gasteiger partial charge in [-0.2, -0.15) is 0 Å². The van der Waals surface area contributed by atoms with Crippen molar-refractivity contribution < 1.29 is 22.9 Å². The number of esters is 1. The van der Waals surface area contributed by atoms with E-state index in [9.17, 15) is 23.3 Å². The monoisotopic (exact) mass is 413 g/mol. The van der Waals surface area contributed by atoms with Crippen molar-refractivity contribution in [1.29, 1.82) is 0 Å². The maximum Gasteiger partial charge on any atom is 0.309 e. The van der Waals surface area contributed by atoms with Crippen molar-refractivity contribution in [2.24, 2.45) is 5.92 Å².